The Labute approximate surface area is 131 Å². The molecule has 3 unspecified atom stereocenters. The van der Waals surface area contributed by atoms with Crippen LogP contribution in [-0.4, -0.2) is 30.1 Å². The number of ether oxygens (including phenoxy) is 1. The van der Waals surface area contributed by atoms with Gasteiger partial charge < -0.3 is 15.4 Å². The molecule has 4 rings (SSSR count). The molecule has 3 atom stereocenters. The van der Waals surface area contributed by atoms with Crippen LogP contribution in [0.2, 0.25) is 0 Å². The summed E-state index contributed by atoms with van der Waals surface area (Å²) in [5.41, 5.74) is 1.14. The van der Waals surface area contributed by atoms with Gasteiger partial charge in [0.1, 0.15) is 5.75 Å². The zero-order chi connectivity index (χ0) is 13.5. The number of benzene rings is 1. The first-order chi connectivity index (χ1) is 9.78. The highest BCUT2D eigenvalue weighted by Crippen LogP contribution is 2.29. The predicted octanol–water partition coefficient (Wildman–Crippen LogP) is 1.81. The highest BCUT2D eigenvalue weighted by molar-refractivity contribution is 5.85. The minimum absolute atomic E-state index is 0. The molecular weight excluding hydrogens is 288 g/mol. The van der Waals surface area contributed by atoms with Crippen LogP contribution in [0.3, 0.4) is 0 Å². The molecule has 114 valence electrons. The summed E-state index contributed by atoms with van der Waals surface area (Å²) in [5, 5.41) is 6.79. The maximum Gasteiger partial charge on any atom is 0.261 e. The van der Waals surface area contributed by atoms with Crippen molar-refractivity contribution < 1.29 is 9.53 Å². The fourth-order valence-corrected chi connectivity index (χ4v) is 3.80. The van der Waals surface area contributed by atoms with Gasteiger partial charge >= 0.3 is 0 Å². The highest BCUT2D eigenvalue weighted by atomic mass is 35.5. The molecule has 0 spiro atoms. The molecule has 3 aliphatic heterocycles. The number of rotatable bonds is 2. The number of carbonyl (C=O) groups excluding carboxylic acids is 1. The van der Waals surface area contributed by atoms with E-state index in [2.05, 4.69) is 10.6 Å². The van der Waals surface area contributed by atoms with Crippen LogP contribution in [0.5, 0.6) is 5.75 Å². The van der Waals surface area contributed by atoms with E-state index in [1.54, 1.807) is 0 Å². The average molecular weight is 309 g/mol. The number of nitrogens with one attached hydrogen (secondary N) is 2. The Morgan fingerprint density at radius 3 is 2.62 bits per heavy atom. The summed E-state index contributed by atoms with van der Waals surface area (Å²) >= 11 is 0. The normalized spacial score (nSPS) is 32.8. The molecule has 1 aromatic rings. The van der Waals surface area contributed by atoms with Crippen LogP contribution >= 0.6 is 12.4 Å². The molecule has 2 saturated heterocycles. The second-order valence-corrected chi connectivity index (χ2v) is 6.23. The van der Waals surface area contributed by atoms with E-state index >= 15 is 0 Å². The molecule has 21 heavy (non-hydrogen) atoms. The molecule has 3 heterocycles. The van der Waals surface area contributed by atoms with Gasteiger partial charge in [-0.3, -0.25) is 4.79 Å². The smallest absolute Gasteiger partial charge is 0.261 e. The zero-order valence-corrected chi connectivity index (χ0v) is 12.7. The monoisotopic (exact) mass is 308 g/mol. The molecule has 0 radical (unpaired) electrons. The number of carbonyl (C=O) groups is 1. The number of fused-ring (bicyclic) bond motifs is 3. The Morgan fingerprint density at radius 1 is 1.19 bits per heavy atom. The largest absolute Gasteiger partial charge is 0.480 e. The number of amides is 1. The van der Waals surface area contributed by atoms with E-state index in [1.807, 2.05) is 24.3 Å². The Morgan fingerprint density at radius 2 is 1.90 bits per heavy atom. The Bertz CT molecular complexity index is 500. The van der Waals surface area contributed by atoms with Gasteiger partial charge in [0.15, 0.2) is 6.10 Å². The third kappa shape index (κ3) is 2.87. The second-order valence-electron chi connectivity index (χ2n) is 6.23. The van der Waals surface area contributed by atoms with Crippen molar-refractivity contribution >= 4 is 18.3 Å². The standard InChI is InChI=1S/C16H20N2O2.ClH/c19-16(15-7-10-3-1-2-4-14(10)20-15)18-13-8-11-5-6-12(9-13)17-11;/h1-4,11-13,15,17H,5-9H2,(H,18,19);1H. The maximum absolute atomic E-state index is 12.4. The molecule has 3 aliphatic rings. The number of hydrogen-bond acceptors (Lipinski definition) is 3. The Kier molecular flexibility index (Phi) is 4.09. The van der Waals surface area contributed by atoms with Gasteiger partial charge in [-0.15, -0.1) is 12.4 Å². The topological polar surface area (TPSA) is 50.4 Å². The van der Waals surface area contributed by atoms with Crippen LogP contribution < -0.4 is 15.4 Å². The van der Waals surface area contributed by atoms with Crippen molar-refractivity contribution in [2.45, 2.75) is 56.3 Å². The van der Waals surface area contributed by atoms with Crippen molar-refractivity contribution in [2.75, 3.05) is 0 Å². The van der Waals surface area contributed by atoms with Crippen LogP contribution in [0.25, 0.3) is 0 Å². The van der Waals surface area contributed by atoms with E-state index in [0.717, 1.165) is 24.2 Å². The van der Waals surface area contributed by atoms with Gasteiger partial charge in [-0.25, -0.2) is 0 Å². The molecule has 0 saturated carbocycles. The molecule has 5 heteroatoms. The van der Waals surface area contributed by atoms with Crippen molar-refractivity contribution in [1.29, 1.82) is 0 Å². The van der Waals surface area contributed by atoms with Crippen molar-refractivity contribution in [2.24, 2.45) is 0 Å². The van der Waals surface area contributed by atoms with Crippen LogP contribution in [0, 0.1) is 0 Å². The second kappa shape index (κ2) is 5.85. The van der Waals surface area contributed by atoms with Gasteiger partial charge in [-0.05, 0) is 37.3 Å². The van der Waals surface area contributed by atoms with E-state index in [0.29, 0.717) is 24.5 Å². The third-order valence-corrected chi connectivity index (χ3v) is 4.76. The SMILES string of the molecule is Cl.O=C(NC1CC2CCC(C1)N2)C1Cc2ccccc2O1. The first-order valence-electron chi connectivity index (χ1n) is 7.59. The molecule has 2 bridgehead atoms. The van der Waals surface area contributed by atoms with Gasteiger partial charge in [0.25, 0.3) is 5.91 Å². The van der Waals surface area contributed by atoms with Crippen LogP contribution in [0.15, 0.2) is 24.3 Å². The minimum atomic E-state index is -0.347. The van der Waals surface area contributed by atoms with Crippen molar-refractivity contribution in [3.8, 4) is 5.75 Å². The molecule has 4 nitrogen and oxygen atoms in total. The van der Waals surface area contributed by atoms with E-state index in [9.17, 15) is 4.79 Å². The van der Waals surface area contributed by atoms with Gasteiger partial charge in [0, 0.05) is 24.5 Å². The summed E-state index contributed by atoms with van der Waals surface area (Å²) in [4.78, 5) is 12.4. The lowest BCUT2D eigenvalue weighted by Crippen LogP contribution is -2.50. The van der Waals surface area contributed by atoms with Crippen molar-refractivity contribution in [3.05, 3.63) is 29.8 Å². The first-order valence-corrected chi connectivity index (χ1v) is 7.59. The summed E-state index contributed by atoms with van der Waals surface area (Å²) in [5.74, 6) is 0.908. The summed E-state index contributed by atoms with van der Waals surface area (Å²) in [7, 11) is 0. The van der Waals surface area contributed by atoms with Crippen LogP contribution in [0.1, 0.15) is 31.2 Å². The van der Waals surface area contributed by atoms with Crippen molar-refractivity contribution in [1.82, 2.24) is 10.6 Å². The molecule has 2 fully saturated rings. The number of piperidine rings is 1. The fraction of sp³-hybridized carbons (Fsp3) is 0.562. The fourth-order valence-electron chi connectivity index (χ4n) is 3.80. The summed E-state index contributed by atoms with van der Waals surface area (Å²) in [6.07, 6.45) is 4.97. The van der Waals surface area contributed by atoms with E-state index < -0.39 is 0 Å². The lowest BCUT2D eigenvalue weighted by atomic mass is 9.99. The average Bonchev–Trinajstić information content (AvgIpc) is 3.02. The molecule has 0 aliphatic carbocycles. The lowest BCUT2D eigenvalue weighted by Gasteiger charge is -2.30. The summed E-state index contributed by atoms with van der Waals surface area (Å²) in [6.45, 7) is 0. The van der Waals surface area contributed by atoms with E-state index in [4.69, 9.17) is 4.74 Å². The quantitative estimate of drug-likeness (QED) is 0.876. The number of hydrogen-bond donors (Lipinski definition) is 2. The van der Waals surface area contributed by atoms with Crippen LogP contribution in [-0.2, 0) is 11.2 Å². The Hall–Kier alpha value is -1.26. The van der Waals surface area contributed by atoms with E-state index in [1.165, 1.54) is 12.8 Å². The highest BCUT2D eigenvalue weighted by Gasteiger charge is 2.36. The molecular formula is C16H21ClN2O2. The van der Waals surface area contributed by atoms with Gasteiger partial charge in [0.05, 0.1) is 0 Å². The summed E-state index contributed by atoms with van der Waals surface area (Å²) < 4.78 is 5.75. The van der Waals surface area contributed by atoms with Gasteiger partial charge in [-0.1, -0.05) is 18.2 Å². The number of halogens is 1. The van der Waals surface area contributed by atoms with E-state index in [-0.39, 0.29) is 24.4 Å². The van der Waals surface area contributed by atoms with Gasteiger partial charge in [0.2, 0.25) is 0 Å². The van der Waals surface area contributed by atoms with Gasteiger partial charge in [-0.2, -0.15) is 0 Å². The van der Waals surface area contributed by atoms with Crippen LogP contribution in [0.4, 0.5) is 0 Å². The van der Waals surface area contributed by atoms with Crippen molar-refractivity contribution in [3.63, 3.8) is 0 Å². The first kappa shape index (κ1) is 14.7. The molecule has 1 aromatic carbocycles. The number of para-hydroxylation sites is 1. The minimum Gasteiger partial charge on any atom is -0.480 e. The molecule has 2 N–H and O–H groups in total. The summed E-state index contributed by atoms with van der Waals surface area (Å²) in [6, 6.07) is 9.42. The zero-order valence-electron chi connectivity index (χ0n) is 11.9. The lowest BCUT2D eigenvalue weighted by molar-refractivity contribution is -0.128. The maximum atomic E-state index is 12.4. The third-order valence-electron chi connectivity index (χ3n) is 4.76. The molecule has 1 amide bonds. The Balaban J connectivity index is 0.00000132. The predicted molar refractivity (Wildman–Crippen MR) is 82.9 cm³/mol. The molecule has 0 aromatic heterocycles.